The third-order valence-electron chi connectivity index (χ3n) is 2.39. The van der Waals surface area contributed by atoms with E-state index >= 15 is 0 Å². The Labute approximate surface area is 90.4 Å². The van der Waals surface area contributed by atoms with Crippen LogP contribution < -0.4 is 0 Å². The quantitative estimate of drug-likeness (QED) is 0.759. The zero-order chi connectivity index (χ0) is 10.1. The van der Waals surface area contributed by atoms with Crippen LogP contribution in [-0.4, -0.2) is 5.78 Å². The molecule has 1 fully saturated rings. The number of hydrogen-bond donors (Lipinski definition) is 0. The molecule has 0 radical (unpaired) electrons. The number of Topliss-reactive ketones (excluding diaryl/α,β-unsaturated/α-hetero) is 1. The van der Waals surface area contributed by atoms with Crippen LogP contribution in [0.5, 0.6) is 0 Å². The van der Waals surface area contributed by atoms with Gasteiger partial charge in [0.2, 0.25) is 0 Å². The van der Waals surface area contributed by atoms with E-state index in [1.165, 1.54) is 12.1 Å². The maximum absolute atomic E-state index is 12.6. The summed E-state index contributed by atoms with van der Waals surface area (Å²) in [5.74, 6) is 0.174. The molecule has 14 heavy (non-hydrogen) atoms. The molecular formula is C11H10BrFO. The Morgan fingerprint density at radius 1 is 1.36 bits per heavy atom. The van der Waals surface area contributed by atoms with Gasteiger partial charge >= 0.3 is 0 Å². The Morgan fingerprint density at radius 2 is 1.93 bits per heavy atom. The zero-order valence-electron chi connectivity index (χ0n) is 7.54. The molecule has 2 rings (SSSR count). The van der Waals surface area contributed by atoms with Gasteiger partial charge in [-0.3, -0.25) is 4.79 Å². The predicted octanol–water partition coefficient (Wildman–Crippen LogP) is 3.24. The zero-order valence-corrected chi connectivity index (χ0v) is 9.13. The van der Waals surface area contributed by atoms with Crippen LogP contribution in [0.3, 0.4) is 0 Å². The molecule has 1 aliphatic carbocycles. The van der Waals surface area contributed by atoms with Gasteiger partial charge in [0.25, 0.3) is 0 Å². The van der Waals surface area contributed by atoms with Gasteiger partial charge in [-0.2, -0.15) is 0 Å². The molecule has 0 N–H and O–H groups in total. The smallest absolute Gasteiger partial charge is 0.153 e. The summed E-state index contributed by atoms with van der Waals surface area (Å²) in [6.45, 7) is 0. The minimum atomic E-state index is -0.271. The molecule has 0 spiro atoms. The predicted molar refractivity (Wildman–Crippen MR) is 55.8 cm³/mol. The summed E-state index contributed by atoms with van der Waals surface area (Å²) in [5, 5.41) is 0. The molecule has 1 saturated carbocycles. The first-order valence-corrected chi connectivity index (χ1v) is 5.53. The lowest BCUT2D eigenvalue weighted by atomic mass is 10.1. The maximum atomic E-state index is 12.6. The molecule has 0 amide bonds. The van der Waals surface area contributed by atoms with Gasteiger partial charge in [-0.15, -0.1) is 0 Å². The average molecular weight is 257 g/mol. The van der Waals surface area contributed by atoms with Crippen molar-refractivity contribution in [2.24, 2.45) is 5.92 Å². The number of hydrogen-bond acceptors (Lipinski definition) is 1. The molecule has 1 aromatic rings. The van der Waals surface area contributed by atoms with Crippen LogP contribution in [0, 0.1) is 11.7 Å². The van der Waals surface area contributed by atoms with Crippen LogP contribution in [0.2, 0.25) is 0 Å². The Bertz CT molecular complexity index is 343. The Morgan fingerprint density at radius 3 is 2.43 bits per heavy atom. The molecule has 0 aliphatic heterocycles. The molecule has 0 bridgehead atoms. The summed E-state index contributed by atoms with van der Waals surface area (Å²) in [6, 6.07) is 6.05. The van der Waals surface area contributed by atoms with Crippen molar-refractivity contribution in [2.75, 3.05) is 0 Å². The highest BCUT2D eigenvalue weighted by molar-refractivity contribution is 9.09. The van der Waals surface area contributed by atoms with Crippen molar-refractivity contribution in [1.82, 2.24) is 0 Å². The van der Waals surface area contributed by atoms with E-state index in [1.54, 1.807) is 12.1 Å². The molecule has 1 nitrogen and oxygen atoms in total. The lowest BCUT2D eigenvalue weighted by Gasteiger charge is -2.07. The molecule has 74 valence electrons. The SMILES string of the molecule is O=C(C1CC1)[C@@H](Br)c1ccc(F)cc1. The second-order valence-electron chi connectivity index (χ2n) is 3.59. The second-order valence-corrected chi connectivity index (χ2v) is 4.51. The van der Waals surface area contributed by atoms with E-state index in [-0.39, 0.29) is 22.3 Å². The maximum Gasteiger partial charge on any atom is 0.153 e. The molecular weight excluding hydrogens is 247 g/mol. The Balaban J connectivity index is 2.13. The van der Waals surface area contributed by atoms with Crippen LogP contribution in [0.4, 0.5) is 4.39 Å². The van der Waals surface area contributed by atoms with E-state index in [9.17, 15) is 9.18 Å². The molecule has 1 aliphatic rings. The van der Waals surface area contributed by atoms with E-state index in [0.717, 1.165) is 18.4 Å². The van der Waals surface area contributed by atoms with Crippen LogP contribution in [0.15, 0.2) is 24.3 Å². The van der Waals surface area contributed by atoms with E-state index < -0.39 is 0 Å². The minimum absolute atomic E-state index is 0.219. The van der Waals surface area contributed by atoms with Gasteiger partial charge in [-0.25, -0.2) is 4.39 Å². The second kappa shape index (κ2) is 3.81. The number of alkyl halides is 1. The highest BCUT2D eigenvalue weighted by atomic mass is 79.9. The van der Waals surface area contributed by atoms with E-state index in [4.69, 9.17) is 0 Å². The molecule has 0 saturated heterocycles. The normalized spacial score (nSPS) is 17.9. The largest absolute Gasteiger partial charge is 0.298 e. The first-order chi connectivity index (χ1) is 6.68. The fourth-order valence-corrected chi connectivity index (χ4v) is 2.05. The monoisotopic (exact) mass is 256 g/mol. The van der Waals surface area contributed by atoms with E-state index in [0.29, 0.717) is 0 Å². The number of benzene rings is 1. The lowest BCUT2D eigenvalue weighted by molar-refractivity contribution is -0.119. The average Bonchev–Trinajstić information content (AvgIpc) is 3.00. The third kappa shape index (κ3) is 2.03. The van der Waals surface area contributed by atoms with Crippen molar-refractivity contribution in [3.05, 3.63) is 35.6 Å². The summed E-state index contributed by atoms with van der Waals surface area (Å²) >= 11 is 3.34. The van der Waals surface area contributed by atoms with Crippen molar-refractivity contribution < 1.29 is 9.18 Å². The summed E-state index contributed by atoms with van der Waals surface area (Å²) in [5.41, 5.74) is 0.836. The summed E-state index contributed by atoms with van der Waals surface area (Å²) < 4.78 is 12.6. The van der Waals surface area contributed by atoms with Crippen LogP contribution in [0.1, 0.15) is 23.2 Å². The highest BCUT2D eigenvalue weighted by Gasteiger charge is 2.34. The fraction of sp³-hybridized carbons (Fsp3) is 0.364. The topological polar surface area (TPSA) is 17.1 Å². The van der Waals surface area contributed by atoms with Crippen LogP contribution in [-0.2, 0) is 4.79 Å². The van der Waals surface area contributed by atoms with Crippen molar-refractivity contribution in [3.63, 3.8) is 0 Å². The van der Waals surface area contributed by atoms with Gasteiger partial charge in [-0.05, 0) is 30.5 Å². The van der Waals surface area contributed by atoms with Crippen molar-refractivity contribution >= 4 is 21.7 Å². The van der Waals surface area contributed by atoms with Crippen molar-refractivity contribution in [1.29, 1.82) is 0 Å². The summed E-state index contributed by atoms with van der Waals surface area (Å²) in [4.78, 5) is 11.4. The number of halogens is 2. The van der Waals surface area contributed by atoms with E-state index in [2.05, 4.69) is 15.9 Å². The molecule has 1 atom stereocenters. The molecule has 1 aromatic carbocycles. The van der Waals surface area contributed by atoms with Crippen LogP contribution >= 0.6 is 15.9 Å². The summed E-state index contributed by atoms with van der Waals surface area (Å²) in [6.07, 6.45) is 2.00. The number of ketones is 1. The van der Waals surface area contributed by atoms with Crippen LogP contribution in [0.25, 0.3) is 0 Å². The first-order valence-electron chi connectivity index (χ1n) is 4.62. The molecule has 0 heterocycles. The third-order valence-corrected chi connectivity index (χ3v) is 3.37. The highest BCUT2D eigenvalue weighted by Crippen LogP contribution is 2.38. The molecule has 0 aromatic heterocycles. The number of rotatable bonds is 3. The minimum Gasteiger partial charge on any atom is -0.298 e. The summed E-state index contributed by atoms with van der Waals surface area (Å²) in [7, 11) is 0. The van der Waals surface area contributed by atoms with E-state index in [1.807, 2.05) is 0 Å². The van der Waals surface area contributed by atoms with Crippen molar-refractivity contribution in [2.45, 2.75) is 17.7 Å². The Hall–Kier alpha value is -0.700. The number of carbonyl (C=O) groups is 1. The van der Waals surface area contributed by atoms with Gasteiger partial charge in [0.15, 0.2) is 5.78 Å². The van der Waals surface area contributed by atoms with Crippen molar-refractivity contribution in [3.8, 4) is 0 Å². The van der Waals surface area contributed by atoms with Gasteiger partial charge in [0.05, 0.1) is 4.83 Å². The Kier molecular flexibility index (Phi) is 2.68. The lowest BCUT2D eigenvalue weighted by Crippen LogP contribution is -2.08. The fourth-order valence-electron chi connectivity index (χ4n) is 1.37. The van der Waals surface area contributed by atoms with Gasteiger partial charge < -0.3 is 0 Å². The molecule has 3 heteroatoms. The van der Waals surface area contributed by atoms with Gasteiger partial charge in [0.1, 0.15) is 5.82 Å². The molecule has 0 unspecified atom stereocenters. The standard InChI is InChI=1S/C11H10BrFO/c12-10(11(14)8-1-2-8)7-3-5-9(13)6-4-7/h3-6,8,10H,1-2H2/t10-/m0/s1. The first kappa shape index (κ1) is 9.84. The van der Waals surface area contributed by atoms with Gasteiger partial charge in [-0.1, -0.05) is 28.1 Å². The number of carbonyl (C=O) groups excluding carboxylic acids is 1. The van der Waals surface area contributed by atoms with Gasteiger partial charge in [0, 0.05) is 5.92 Å².